The molecule has 1 aromatic carbocycles. The van der Waals surface area contributed by atoms with Gasteiger partial charge in [-0.05, 0) is 18.2 Å². The van der Waals surface area contributed by atoms with Crippen molar-refractivity contribution in [2.75, 3.05) is 14.2 Å². The van der Waals surface area contributed by atoms with Crippen molar-refractivity contribution in [1.82, 2.24) is 0 Å². The molecule has 1 aromatic rings. The standard InChI is InChI=1S/C10H12NO4/c1-7(11(12)13)8-4-5-9(14-2)10(6-8)15-3/h4-6H,1-3H3. The van der Waals surface area contributed by atoms with Crippen LogP contribution in [0.4, 0.5) is 0 Å². The molecule has 0 spiro atoms. The molecule has 0 amide bonds. The molecule has 5 heteroatoms. The number of rotatable bonds is 4. The number of methoxy groups -OCH3 is 2. The van der Waals surface area contributed by atoms with E-state index in [4.69, 9.17) is 9.47 Å². The maximum absolute atomic E-state index is 10.6. The van der Waals surface area contributed by atoms with Gasteiger partial charge in [0.15, 0.2) is 11.5 Å². The first-order chi connectivity index (χ1) is 7.10. The smallest absolute Gasteiger partial charge is 0.316 e. The molecule has 0 heterocycles. The van der Waals surface area contributed by atoms with Crippen LogP contribution in [-0.2, 0) is 0 Å². The second-order valence-electron chi connectivity index (χ2n) is 2.91. The average molecular weight is 210 g/mol. The molecule has 15 heavy (non-hydrogen) atoms. The highest BCUT2D eigenvalue weighted by atomic mass is 16.6. The summed E-state index contributed by atoms with van der Waals surface area (Å²) in [6, 6.07) is 4.92. The SMILES string of the molecule is COc1ccc([C](C)[N+](=O)[O-])cc1OC. The molecule has 81 valence electrons. The van der Waals surface area contributed by atoms with Gasteiger partial charge in [-0.2, -0.15) is 0 Å². The van der Waals surface area contributed by atoms with E-state index in [1.807, 2.05) is 0 Å². The van der Waals surface area contributed by atoms with Crippen molar-refractivity contribution in [3.63, 3.8) is 0 Å². The van der Waals surface area contributed by atoms with E-state index in [2.05, 4.69) is 0 Å². The van der Waals surface area contributed by atoms with E-state index in [9.17, 15) is 10.1 Å². The molecule has 0 bridgehead atoms. The topological polar surface area (TPSA) is 61.6 Å². The molecule has 0 saturated carbocycles. The zero-order chi connectivity index (χ0) is 11.4. The zero-order valence-electron chi connectivity index (χ0n) is 8.81. The van der Waals surface area contributed by atoms with Crippen LogP contribution < -0.4 is 9.47 Å². The van der Waals surface area contributed by atoms with Crippen LogP contribution in [0.1, 0.15) is 12.5 Å². The van der Waals surface area contributed by atoms with Crippen LogP contribution >= 0.6 is 0 Å². The first-order valence-corrected chi connectivity index (χ1v) is 4.30. The summed E-state index contributed by atoms with van der Waals surface area (Å²) in [5.41, 5.74) is 0.512. The predicted octanol–water partition coefficient (Wildman–Crippen LogP) is 1.88. The maximum Gasteiger partial charge on any atom is 0.316 e. The third-order valence-corrected chi connectivity index (χ3v) is 2.08. The molecule has 0 aliphatic carbocycles. The zero-order valence-corrected chi connectivity index (χ0v) is 8.81. The lowest BCUT2D eigenvalue weighted by molar-refractivity contribution is -0.456. The first-order valence-electron chi connectivity index (χ1n) is 4.30. The van der Waals surface area contributed by atoms with E-state index in [0.29, 0.717) is 17.1 Å². The Morgan fingerprint density at radius 2 is 1.87 bits per heavy atom. The van der Waals surface area contributed by atoms with Gasteiger partial charge in [-0.1, -0.05) is 0 Å². The van der Waals surface area contributed by atoms with E-state index >= 15 is 0 Å². The molecule has 0 saturated heterocycles. The highest BCUT2D eigenvalue weighted by molar-refractivity contribution is 5.45. The number of nitrogens with zero attached hydrogens (tertiary/aromatic N) is 1. The molecule has 0 N–H and O–H groups in total. The highest BCUT2D eigenvalue weighted by Crippen LogP contribution is 2.30. The maximum atomic E-state index is 10.6. The van der Waals surface area contributed by atoms with Crippen LogP contribution in [0, 0.1) is 16.2 Å². The van der Waals surface area contributed by atoms with Crippen molar-refractivity contribution in [3.8, 4) is 11.5 Å². The third-order valence-electron chi connectivity index (χ3n) is 2.08. The molecule has 0 atom stereocenters. The third kappa shape index (κ3) is 2.37. The van der Waals surface area contributed by atoms with Crippen molar-refractivity contribution in [2.24, 2.45) is 0 Å². The van der Waals surface area contributed by atoms with Gasteiger partial charge in [-0.3, -0.25) is 10.1 Å². The van der Waals surface area contributed by atoms with Crippen LogP contribution in [0.15, 0.2) is 18.2 Å². The average Bonchev–Trinajstić information content (AvgIpc) is 2.26. The summed E-state index contributed by atoms with van der Waals surface area (Å²) >= 11 is 0. The summed E-state index contributed by atoms with van der Waals surface area (Å²) in [7, 11) is 3.00. The Balaban J connectivity index is 3.07. The van der Waals surface area contributed by atoms with E-state index in [0.717, 1.165) is 0 Å². The number of benzene rings is 1. The lowest BCUT2D eigenvalue weighted by atomic mass is 10.1. The van der Waals surface area contributed by atoms with Gasteiger partial charge in [0.2, 0.25) is 0 Å². The fourth-order valence-electron chi connectivity index (χ4n) is 1.17. The van der Waals surface area contributed by atoms with Crippen LogP contribution in [0.25, 0.3) is 0 Å². The summed E-state index contributed by atoms with van der Waals surface area (Å²) in [5.74, 6) is 1.04. The normalized spacial score (nSPS) is 10.1. The first kappa shape index (κ1) is 11.3. The van der Waals surface area contributed by atoms with Crippen LogP contribution in [-0.4, -0.2) is 19.1 Å². The number of nitro groups is 1. The lowest BCUT2D eigenvalue weighted by Crippen LogP contribution is -2.07. The van der Waals surface area contributed by atoms with Crippen molar-refractivity contribution in [3.05, 3.63) is 39.9 Å². The molecule has 0 aliphatic heterocycles. The summed E-state index contributed by atoms with van der Waals surface area (Å²) in [6.07, 6.45) is 0. The van der Waals surface area contributed by atoms with E-state index in [1.54, 1.807) is 18.2 Å². The summed E-state index contributed by atoms with van der Waals surface area (Å²) < 4.78 is 10.1. The van der Waals surface area contributed by atoms with E-state index < -0.39 is 4.92 Å². The van der Waals surface area contributed by atoms with Gasteiger partial charge in [0.25, 0.3) is 0 Å². The second-order valence-corrected chi connectivity index (χ2v) is 2.91. The Morgan fingerprint density at radius 1 is 1.27 bits per heavy atom. The molecule has 1 radical (unpaired) electrons. The van der Waals surface area contributed by atoms with E-state index in [1.165, 1.54) is 21.1 Å². The summed E-state index contributed by atoms with van der Waals surface area (Å²) in [4.78, 5) is 10.1. The Hall–Kier alpha value is -1.78. The highest BCUT2D eigenvalue weighted by Gasteiger charge is 2.20. The van der Waals surface area contributed by atoms with E-state index in [-0.39, 0.29) is 6.04 Å². The van der Waals surface area contributed by atoms with Gasteiger partial charge < -0.3 is 9.47 Å². The molecular weight excluding hydrogens is 198 g/mol. The Labute approximate surface area is 87.8 Å². The minimum Gasteiger partial charge on any atom is -0.493 e. The second kappa shape index (κ2) is 4.63. The van der Waals surface area contributed by atoms with Gasteiger partial charge in [0, 0.05) is 17.4 Å². The minimum atomic E-state index is -0.429. The quantitative estimate of drug-likeness (QED) is 0.562. The van der Waals surface area contributed by atoms with Crippen LogP contribution in [0.5, 0.6) is 11.5 Å². The van der Waals surface area contributed by atoms with Gasteiger partial charge in [-0.15, -0.1) is 0 Å². The van der Waals surface area contributed by atoms with Crippen molar-refractivity contribution in [1.29, 1.82) is 0 Å². The molecular formula is C10H12NO4. The molecule has 5 nitrogen and oxygen atoms in total. The molecule has 0 fully saturated rings. The fraction of sp³-hybridized carbons (Fsp3) is 0.300. The van der Waals surface area contributed by atoms with Gasteiger partial charge in [-0.25, -0.2) is 0 Å². The molecule has 0 unspecified atom stereocenters. The van der Waals surface area contributed by atoms with Crippen molar-refractivity contribution >= 4 is 0 Å². The monoisotopic (exact) mass is 210 g/mol. The molecule has 0 aliphatic rings. The Kier molecular flexibility index (Phi) is 3.49. The minimum absolute atomic E-state index is 0.0796. The largest absolute Gasteiger partial charge is 0.493 e. The lowest BCUT2D eigenvalue weighted by Gasteiger charge is -2.09. The fourth-order valence-corrected chi connectivity index (χ4v) is 1.17. The Morgan fingerprint density at radius 3 is 2.33 bits per heavy atom. The van der Waals surface area contributed by atoms with Gasteiger partial charge in [0.1, 0.15) is 0 Å². The number of hydrogen-bond acceptors (Lipinski definition) is 4. The van der Waals surface area contributed by atoms with Crippen molar-refractivity contribution < 1.29 is 14.4 Å². The predicted molar refractivity (Wildman–Crippen MR) is 54.6 cm³/mol. The number of hydrogen-bond donors (Lipinski definition) is 0. The van der Waals surface area contributed by atoms with Gasteiger partial charge >= 0.3 is 6.04 Å². The van der Waals surface area contributed by atoms with Crippen molar-refractivity contribution in [2.45, 2.75) is 6.92 Å². The Bertz CT molecular complexity index is 364. The summed E-state index contributed by atoms with van der Waals surface area (Å²) in [5, 5.41) is 10.6. The summed E-state index contributed by atoms with van der Waals surface area (Å²) in [6.45, 7) is 1.45. The number of ether oxygens (including phenoxy) is 2. The van der Waals surface area contributed by atoms with Crippen LogP contribution in [0.3, 0.4) is 0 Å². The van der Waals surface area contributed by atoms with Gasteiger partial charge in [0.05, 0.1) is 14.2 Å². The molecule has 0 aromatic heterocycles. The molecule has 1 rings (SSSR count). The van der Waals surface area contributed by atoms with Crippen LogP contribution in [0.2, 0.25) is 0 Å².